The van der Waals surface area contributed by atoms with Gasteiger partial charge in [0.2, 0.25) is 0 Å². The number of benzene rings is 1. The lowest BCUT2D eigenvalue weighted by atomic mass is 10.1. The largest absolute Gasteiger partial charge is 0.477 e. The van der Waals surface area contributed by atoms with Crippen LogP contribution in [0.1, 0.15) is 17.4 Å². The molecule has 0 radical (unpaired) electrons. The van der Waals surface area contributed by atoms with E-state index in [2.05, 4.69) is 4.98 Å². The molecule has 0 spiro atoms. The quantitative estimate of drug-likeness (QED) is 0.879. The molecule has 1 aromatic heterocycles. The van der Waals surface area contributed by atoms with Crippen LogP contribution in [0.4, 0.5) is 5.82 Å². The molecule has 0 bridgehead atoms. The van der Waals surface area contributed by atoms with Crippen molar-refractivity contribution < 1.29 is 9.90 Å². The molecule has 17 heavy (non-hydrogen) atoms. The summed E-state index contributed by atoms with van der Waals surface area (Å²) in [6, 6.07) is 9.28. The van der Waals surface area contributed by atoms with Crippen LogP contribution in [-0.4, -0.2) is 29.7 Å². The van der Waals surface area contributed by atoms with E-state index in [1.54, 1.807) is 6.07 Å². The van der Waals surface area contributed by atoms with Gasteiger partial charge in [-0.1, -0.05) is 24.3 Å². The van der Waals surface area contributed by atoms with Gasteiger partial charge < -0.3 is 10.0 Å². The van der Waals surface area contributed by atoms with E-state index in [1.165, 1.54) is 0 Å². The number of carboxylic acids is 1. The van der Waals surface area contributed by atoms with Crippen LogP contribution in [0.5, 0.6) is 0 Å². The maximum atomic E-state index is 11.0. The molecule has 1 aromatic carbocycles. The first-order valence-corrected chi connectivity index (χ1v) is 5.47. The molecule has 0 aliphatic carbocycles. The fourth-order valence-corrected chi connectivity index (χ4v) is 1.73. The Kier molecular flexibility index (Phi) is 2.95. The molecule has 0 fully saturated rings. The molecule has 2 rings (SSSR count). The Balaban J connectivity index is 2.73. The summed E-state index contributed by atoms with van der Waals surface area (Å²) >= 11 is 0. The average molecular weight is 230 g/mol. The first-order chi connectivity index (χ1) is 8.13. The number of pyridine rings is 1. The molecule has 1 heterocycles. The van der Waals surface area contributed by atoms with Crippen LogP contribution in [0.2, 0.25) is 0 Å². The van der Waals surface area contributed by atoms with Crippen molar-refractivity contribution in [2.75, 3.05) is 18.5 Å². The Morgan fingerprint density at radius 3 is 2.76 bits per heavy atom. The normalized spacial score (nSPS) is 10.5. The van der Waals surface area contributed by atoms with Gasteiger partial charge >= 0.3 is 5.97 Å². The topological polar surface area (TPSA) is 53.4 Å². The first-order valence-electron chi connectivity index (χ1n) is 5.47. The molecule has 0 atom stereocenters. The standard InChI is InChI=1S/C13H14N2O2/c1-3-15(2)12-10-7-5-4-6-9(10)8-11(14-12)13(16)17/h4-8H,3H2,1-2H3,(H,16,17). The molecule has 0 aliphatic rings. The highest BCUT2D eigenvalue weighted by atomic mass is 16.4. The predicted molar refractivity (Wildman–Crippen MR) is 67.6 cm³/mol. The van der Waals surface area contributed by atoms with E-state index >= 15 is 0 Å². The summed E-state index contributed by atoms with van der Waals surface area (Å²) in [6.07, 6.45) is 0. The predicted octanol–water partition coefficient (Wildman–Crippen LogP) is 2.39. The van der Waals surface area contributed by atoms with Crippen molar-refractivity contribution in [2.24, 2.45) is 0 Å². The van der Waals surface area contributed by atoms with Gasteiger partial charge in [-0.2, -0.15) is 0 Å². The Hall–Kier alpha value is -2.10. The number of aromatic nitrogens is 1. The van der Waals surface area contributed by atoms with Crippen molar-refractivity contribution in [1.29, 1.82) is 0 Å². The monoisotopic (exact) mass is 230 g/mol. The van der Waals surface area contributed by atoms with E-state index in [1.807, 2.05) is 43.1 Å². The summed E-state index contributed by atoms with van der Waals surface area (Å²) in [5, 5.41) is 10.9. The van der Waals surface area contributed by atoms with Crippen molar-refractivity contribution in [3.63, 3.8) is 0 Å². The zero-order valence-electron chi connectivity index (χ0n) is 9.84. The second-order valence-electron chi connectivity index (χ2n) is 3.87. The third-order valence-corrected chi connectivity index (χ3v) is 2.78. The maximum Gasteiger partial charge on any atom is 0.354 e. The van der Waals surface area contributed by atoms with Crippen LogP contribution < -0.4 is 4.90 Å². The van der Waals surface area contributed by atoms with Crippen molar-refractivity contribution in [1.82, 2.24) is 4.98 Å². The van der Waals surface area contributed by atoms with Crippen LogP contribution in [0, 0.1) is 0 Å². The van der Waals surface area contributed by atoms with Crippen LogP contribution in [0.3, 0.4) is 0 Å². The second-order valence-corrected chi connectivity index (χ2v) is 3.87. The fourth-order valence-electron chi connectivity index (χ4n) is 1.73. The van der Waals surface area contributed by atoms with Crippen molar-refractivity contribution in [3.05, 3.63) is 36.0 Å². The molecule has 0 saturated heterocycles. The number of hydrogen-bond acceptors (Lipinski definition) is 3. The lowest BCUT2D eigenvalue weighted by Gasteiger charge is -2.18. The molecule has 0 aliphatic heterocycles. The van der Waals surface area contributed by atoms with Crippen LogP contribution in [0.15, 0.2) is 30.3 Å². The van der Waals surface area contributed by atoms with Crippen molar-refractivity contribution >= 4 is 22.6 Å². The molecule has 88 valence electrons. The van der Waals surface area contributed by atoms with Gasteiger partial charge in [0, 0.05) is 19.0 Å². The summed E-state index contributed by atoms with van der Waals surface area (Å²) in [6.45, 7) is 2.78. The van der Waals surface area contributed by atoms with Gasteiger partial charge in [0.1, 0.15) is 5.82 Å². The van der Waals surface area contributed by atoms with Gasteiger partial charge in [0.05, 0.1) is 0 Å². The van der Waals surface area contributed by atoms with Crippen molar-refractivity contribution in [2.45, 2.75) is 6.92 Å². The summed E-state index contributed by atoms with van der Waals surface area (Å²) in [4.78, 5) is 17.2. The summed E-state index contributed by atoms with van der Waals surface area (Å²) in [5.41, 5.74) is 0.0824. The average Bonchev–Trinajstić information content (AvgIpc) is 2.36. The maximum absolute atomic E-state index is 11.0. The Morgan fingerprint density at radius 1 is 1.41 bits per heavy atom. The lowest BCUT2D eigenvalue weighted by molar-refractivity contribution is 0.0691. The molecule has 4 nitrogen and oxygen atoms in total. The van der Waals surface area contributed by atoms with Crippen LogP contribution in [-0.2, 0) is 0 Å². The minimum atomic E-state index is -0.999. The highest BCUT2D eigenvalue weighted by Gasteiger charge is 2.12. The zero-order chi connectivity index (χ0) is 12.4. The number of hydrogen-bond donors (Lipinski definition) is 1. The van der Waals surface area contributed by atoms with Gasteiger partial charge in [-0.05, 0) is 18.4 Å². The summed E-state index contributed by atoms with van der Waals surface area (Å²) < 4.78 is 0. The van der Waals surface area contributed by atoms with Gasteiger partial charge in [-0.15, -0.1) is 0 Å². The molecular weight excluding hydrogens is 216 g/mol. The number of carboxylic acid groups (broad SMARTS) is 1. The fraction of sp³-hybridized carbons (Fsp3) is 0.231. The van der Waals surface area contributed by atoms with Gasteiger partial charge in [-0.3, -0.25) is 0 Å². The number of aromatic carboxylic acids is 1. The number of nitrogens with zero attached hydrogens (tertiary/aromatic N) is 2. The van der Waals surface area contributed by atoms with E-state index in [4.69, 9.17) is 5.11 Å². The zero-order valence-corrected chi connectivity index (χ0v) is 9.84. The number of carbonyl (C=O) groups is 1. The van der Waals surface area contributed by atoms with Crippen molar-refractivity contribution in [3.8, 4) is 0 Å². The smallest absolute Gasteiger partial charge is 0.354 e. The minimum absolute atomic E-state index is 0.0824. The van der Waals surface area contributed by atoms with Gasteiger partial charge in [0.15, 0.2) is 5.69 Å². The molecule has 0 unspecified atom stereocenters. The molecule has 1 N–H and O–H groups in total. The number of anilines is 1. The minimum Gasteiger partial charge on any atom is -0.477 e. The number of fused-ring (bicyclic) bond motifs is 1. The SMILES string of the molecule is CCN(C)c1nc(C(=O)O)cc2ccccc12. The summed E-state index contributed by atoms with van der Waals surface area (Å²) in [5.74, 6) is -0.287. The third-order valence-electron chi connectivity index (χ3n) is 2.78. The second kappa shape index (κ2) is 4.41. The molecular formula is C13H14N2O2. The Morgan fingerprint density at radius 2 is 2.12 bits per heavy atom. The van der Waals surface area contributed by atoms with Crippen LogP contribution >= 0.6 is 0 Å². The first kappa shape index (κ1) is 11.4. The third kappa shape index (κ3) is 2.06. The van der Waals surface area contributed by atoms with Crippen LogP contribution in [0.25, 0.3) is 10.8 Å². The highest BCUT2D eigenvalue weighted by Crippen LogP contribution is 2.24. The molecule has 4 heteroatoms. The van der Waals surface area contributed by atoms with E-state index < -0.39 is 5.97 Å². The van der Waals surface area contributed by atoms with E-state index in [9.17, 15) is 4.79 Å². The van der Waals surface area contributed by atoms with E-state index in [0.29, 0.717) is 5.82 Å². The Bertz CT molecular complexity index is 566. The molecule has 2 aromatic rings. The number of rotatable bonds is 3. The lowest BCUT2D eigenvalue weighted by Crippen LogP contribution is -2.18. The van der Waals surface area contributed by atoms with Gasteiger partial charge in [-0.25, -0.2) is 9.78 Å². The highest BCUT2D eigenvalue weighted by molar-refractivity contribution is 5.97. The molecule has 0 amide bonds. The van der Waals surface area contributed by atoms with Gasteiger partial charge in [0.25, 0.3) is 0 Å². The van der Waals surface area contributed by atoms with E-state index in [-0.39, 0.29) is 5.69 Å². The summed E-state index contributed by atoms with van der Waals surface area (Å²) in [7, 11) is 1.90. The van der Waals surface area contributed by atoms with E-state index in [0.717, 1.165) is 17.3 Å². The Labute approximate surface area is 99.5 Å². The molecule has 0 saturated carbocycles.